The van der Waals surface area contributed by atoms with E-state index < -0.39 is 6.85 Å². The van der Waals surface area contributed by atoms with Gasteiger partial charge in [0.15, 0.2) is 0 Å². The van der Waals surface area contributed by atoms with Crippen LogP contribution in [0.4, 0.5) is 0 Å². The maximum absolute atomic E-state index is 10.2. The Bertz CT molecular complexity index is 2660. The molecule has 0 aliphatic carbocycles. The van der Waals surface area contributed by atoms with Gasteiger partial charge in [-0.1, -0.05) is 117 Å². The number of furan rings is 1. The molecule has 0 N–H and O–H groups in total. The first kappa shape index (κ1) is 30.0. The molecular weight excluding hydrogens is 815 g/mol. The number of aromatic nitrogens is 2. The van der Waals surface area contributed by atoms with Crippen molar-refractivity contribution in [1.82, 2.24) is 9.97 Å². The molecule has 257 valence electrons. The van der Waals surface area contributed by atoms with E-state index in [2.05, 4.69) is 48.9 Å². The molecule has 0 aliphatic rings. The first-order valence-electron chi connectivity index (χ1n) is 19.2. The number of hydrogen-bond acceptors (Lipinski definition) is 4. The van der Waals surface area contributed by atoms with Gasteiger partial charge in [0, 0.05) is 47.6 Å². The van der Waals surface area contributed by atoms with Crippen LogP contribution >= 0.6 is 0 Å². The van der Waals surface area contributed by atoms with Crippen LogP contribution in [0.1, 0.15) is 44.3 Å². The van der Waals surface area contributed by atoms with Gasteiger partial charge in [-0.15, -0.1) is 54.1 Å². The van der Waals surface area contributed by atoms with E-state index in [4.69, 9.17) is 11.3 Å². The van der Waals surface area contributed by atoms with E-state index in [-0.39, 0.29) is 54.3 Å². The van der Waals surface area contributed by atoms with Crippen LogP contribution in [0.5, 0.6) is 0 Å². The van der Waals surface area contributed by atoms with Gasteiger partial charge in [0.2, 0.25) is 0 Å². The van der Waals surface area contributed by atoms with Gasteiger partial charge in [0.1, 0.15) is 17.2 Å². The number of aryl methyl sites for hydroxylation is 1. The van der Waals surface area contributed by atoms with Crippen LogP contribution in [-0.2, 0) is 26.5 Å². The summed E-state index contributed by atoms with van der Waals surface area (Å²) in [7, 11) is 0. The van der Waals surface area contributed by atoms with E-state index >= 15 is 0 Å². The fourth-order valence-corrected chi connectivity index (χ4v) is 6.12. The van der Waals surface area contributed by atoms with Gasteiger partial charge in [0.05, 0.1) is 8.32 Å². The predicted molar refractivity (Wildman–Crippen MR) is 208 cm³/mol. The van der Waals surface area contributed by atoms with Gasteiger partial charge in [-0.25, -0.2) is 0 Å². The molecule has 0 spiro atoms. The molecule has 0 fully saturated rings. The number of pyridine rings is 2. The summed E-state index contributed by atoms with van der Waals surface area (Å²) in [6, 6.07) is 44.6. The van der Waals surface area contributed by atoms with Crippen molar-refractivity contribution in [3.8, 4) is 50.8 Å². The van der Waals surface area contributed by atoms with Gasteiger partial charge in [-0.2, -0.15) is 5.26 Å². The summed E-state index contributed by atoms with van der Waals surface area (Å²) < 4.78 is 48.6. The Morgan fingerprint density at radius 2 is 1.54 bits per heavy atom. The fourth-order valence-electron chi connectivity index (χ4n) is 6.12. The predicted octanol–water partition coefficient (Wildman–Crippen LogP) is 12.1. The van der Waals surface area contributed by atoms with Crippen molar-refractivity contribution < 1.29 is 31.4 Å². The van der Waals surface area contributed by atoms with Crippen LogP contribution in [0.3, 0.4) is 0 Å². The number of hydrogen-bond donors (Lipinski definition) is 0. The normalized spacial score (nSPS) is 12.6. The quantitative estimate of drug-likeness (QED) is 0.162. The van der Waals surface area contributed by atoms with Gasteiger partial charge in [0.25, 0.3) is 0 Å². The van der Waals surface area contributed by atoms with Gasteiger partial charge in [-0.05, 0) is 64.0 Å². The summed E-state index contributed by atoms with van der Waals surface area (Å²) >= 11 is 0. The molecule has 0 bridgehead atoms. The minimum absolute atomic E-state index is 0. The molecule has 5 aromatic carbocycles. The van der Waals surface area contributed by atoms with Crippen molar-refractivity contribution in [2.45, 2.75) is 34.0 Å². The summed E-state index contributed by atoms with van der Waals surface area (Å²) in [4.78, 5) is 8.73. The van der Waals surface area contributed by atoms with E-state index in [1.54, 1.807) is 30.5 Å². The molecule has 4 nitrogen and oxygen atoms in total. The summed E-state index contributed by atoms with van der Waals surface area (Å²) in [6.07, 6.45) is 3.76. The molecule has 1 radical (unpaired) electrons. The number of fused-ring (bicyclic) bond motifs is 3. The van der Waals surface area contributed by atoms with Crippen LogP contribution in [0.25, 0.3) is 66.7 Å². The standard InChI is InChI=1S/C36H29N2O.C11H8N.Ir/c1-23-22-38-33(19-31(23)26-15-13-24(14-16-26)20-36(2,3)4)30-12-8-11-28-29-18-17-27(25-9-6-5-7-10-25)32(21-37)35(29)39-34(28)30;1-2-6-10(7-3-1)11-8-4-5-9-12-11;/h5-11,13-19,22H,20H2,1-4H3;1-6,8-9H;/q2*-1;/i1D3,15D,16D;;. The van der Waals surface area contributed by atoms with E-state index in [1.165, 1.54) is 6.20 Å². The Kier molecular flexibility index (Phi) is 9.06. The molecular formula is C47H37IrN3O-2. The Morgan fingerprint density at radius 3 is 2.23 bits per heavy atom. The van der Waals surface area contributed by atoms with Gasteiger partial charge >= 0.3 is 0 Å². The van der Waals surface area contributed by atoms with Crippen molar-refractivity contribution in [2.75, 3.05) is 0 Å². The monoisotopic (exact) mass is 857 g/mol. The summed E-state index contributed by atoms with van der Waals surface area (Å²) in [5.41, 5.74) is 7.11. The van der Waals surface area contributed by atoms with Gasteiger partial charge in [-0.3, -0.25) is 0 Å². The molecule has 0 amide bonds. The number of benzene rings is 5. The smallest absolute Gasteiger partial charge is 0.139 e. The zero-order valence-electron chi connectivity index (χ0n) is 33.9. The maximum atomic E-state index is 10.2. The van der Waals surface area contributed by atoms with Crippen LogP contribution in [0, 0.1) is 35.7 Å². The third-order valence-corrected chi connectivity index (χ3v) is 8.42. The number of nitriles is 1. The zero-order valence-corrected chi connectivity index (χ0v) is 31.3. The van der Waals surface area contributed by atoms with Crippen molar-refractivity contribution in [3.63, 3.8) is 0 Å². The second-order valence-electron chi connectivity index (χ2n) is 13.4. The molecule has 8 aromatic rings. The number of nitrogens with zero attached hydrogens (tertiary/aromatic N) is 3. The van der Waals surface area contributed by atoms with E-state index in [0.717, 1.165) is 38.7 Å². The zero-order chi connectivity index (χ0) is 39.6. The van der Waals surface area contributed by atoms with Crippen LogP contribution in [-0.4, -0.2) is 9.97 Å². The molecule has 3 heterocycles. The van der Waals surface area contributed by atoms with Crippen LogP contribution in [0.2, 0.25) is 0 Å². The average molecular weight is 857 g/mol. The topological polar surface area (TPSA) is 62.7 Å². The van der Waals surface area contributed by atoms with E-state index in [0.29, 0.717) is 34.4 Å². The van der Waals surface area contributed by atoms with Crippen molar-refractivity contribution in [1.29, 1.82) is 5.26 Å². The minimum Gasteiger partial charge on any atom is -0.499 e. The Labute approximate surface area is 326 Å². The molecule has 3 aromatic heterocycles. The largest absolute Gasteiger partial charge is 0.499 e. The molecule has 0 aliphatic heterocycles. The number of rotatable bonds is 5. The third-order valence-electron chi connectivity index (χ3n) is 8.42. The molecule has 52 heavy (non-hydrogen) atoms. The van der Waals surface area contributed by atoms with Crippen LogP contribution in [0.15, 0.2) is 144 Å². The average Bonchev–Trinajstić information content (AvgIpc) is 3.56. The molecule has 8 rings (SSSR count). The third kappa shape index (κ3) is 7.80. The Morgan fingerprint density at radius 1 is 0.769 bits per heavy atom. The van der Waals surface area contributed by atoms with Crippen molar-refractivity contribution in [3.05, 3.63) is 169 Å². The summed E-state index contributed by atoms with van der Waals surface area (Å²) in [5.74, 6) is 0. The minimum atomic E-state index is -2.52. The van der Waals surface area contributed by atoms with Crippen LogP contribution < -0.4 is 0 Å². The first-order chi connectivity index (χ1) is 26.8. The van der Waals surface area contributed by atoms with Crippen molar-refractivity contribution >= 4 is 21.9 Å². The maximum Gasteiger partial charge on any atom is 0.139 e. The molecule has 0 unspecified atom stereocenters. The van der Waals surface area contributed by atoms with E-state index in [9.17, 15) is 5.26 Å². The molecule has 0 saturated carbocycles. The second kappa shape index (κ2) is 15.7. The SMILES string of the molecule is [2H]c1cc(CC(C)(C)C)cc([2H])c1-c1cc(-c2[c-]ccc3c2oc2c(C#N)c(-c4ccccc4)ccc23)ncc1C([2H])([2H])[2H].[Ir].[c-]1ccccc1-c1ccccn1. The summed E-state index contributed by atoms with van der Waals surface area (Å²) in [5, 5.41) is 11.7. The molecule has 0 saturated heterocycles. The van der Waals surface area contributed by atoms with Gasteiger partial charge < -0.3 is 14.4 Å². The first-order valence-corrected chi connectivity index (χ1v) is 16.7. The Hall–Kier alpha value is -5.66. The summed E-state index contributed by atoms with van der Waals surface area (Å²) in [6.45, 7) is 3.75. The van der Waals surface area contributed by atoms with E-state index in [1.807, 2.05) is 91.0 Å². The molecule has 0 atom stereocenters. The Balaban J connectivity index is 0.000000359. The molecule has 5 heteroatoms. The second-order valence-corrected chi connectivity index (χ2v) is 13.4. The fraction of sp³-hybridized carbons (Fsp3) is 0.128. The van der Waals surface area contributed by atoms with Crippen molar-refractivity contribution in [2.24, 2.45) is 5.41 Å².